The fraction of sp³-hybridized carbons (Fsp3) is 0.250. The summed E-state index contributed by atoms with van der Waals surface area (Å²) < 4.78 is 4.68. The van der Waals surface area contributed by atoms with Crippen LogP contribution in [0.4, 0.5) is 17.1 Å². The van der Waals surface area contributed by atoms with E-state index < -0.39 is 37.8 Å². The lowest BCUT2D eigenvalue weighted by molar-refractivity contribution is -0.441. The van der Waals surface area contributed by atoms with Gasteiger partial charge >= 0.3 is 23.0 Å². The van der Waals surface area contributed by atoms with Crippen LogP contribution < -0.4 is 0 Å². The maximum atomic E-state index is 11.1. The van der Waals surface area contributed by atoms with Crippen LogP contribution in [0.3, 0.4) is 0 Å². The predicted octanol–water partition coefficient (Wildman–Crippen LogP) is 2.07. The van der Waals surface area contributed by atoms with Crippen LogP contribution >= 0.6 is 0 Å². The molecule has 0 heterocycles. The van der Waals surface area contributed by atoms with Gasteiger partial charge in [0.1, 0.15) is 0 Å². The molecule has 0 spiro atoms. The van der Waals surface area contributed by atoms with E-state index in [1.54, 1.807) is 0 Å². The molecule has 0 aliphatic carbocycles. The number of nitro benzene ring substituents is 3. The second-order valence-electron chi connectivity index (χ2n) is 4.19. The van der Waals surface area contributed by atoms with Gasteiger partial charge in [0, 0.05) is 17.7 Å². The summed E-state index contributed by atoms with van der Waals surface area (Å²) in [5.74, 6) is -0.672. The minimum absolute atomic E-state index is 0.0282. The van der Waals surface area contributed by atoms with E-state index in [0.717, 1.165) is 18.2 Å². The number of carbonyl (C=O) groups excluding carboxylic acids is 1. The fourth-order valence-corrected chi connectivity index (χ4v) is 1.84. The van der Waals surface area contributed by atoms with Crippen LogP contribution in [-0.2, 0) is 16.0 Å². The first kappa shape index (κ1) is 17.7. The summed E-state index contributed by atoms with van der Waals surface area (Å²) in [5, 5.41) is 32.9. The molecule has 1 aromatic rings. The Kier molecular flexibility index (Phi) is 5.83. The Morgan fingerprint density at radius 1 is 1.09 bits per heavy atom. The lowest BCUT2D eigenvalue weighted by Gasteiger charge is -2.04. The van der Waals surface area contributed by atoms with Crippen LogP contribution in [0.2, 0.25) is 0 Å². The van der Waals surface area contributed by atoms with E-state index in [1.807, 2.05) is 0 Å². The Hall–Kier alpha value is -3.37. The minimum atomic E-state index is -1.17. The van der Waals surface area contributed by atoms with Gasteiger partial charge in [0.05, 0.1) is 21.4 Å². The standard InChI is InChI=1S/C12H11N3O8/c1-2-10(16)23-7-3-4-8-5-6-9(13(17)18)12(15(21)22)11(8)14(19)20/h2,5-6H,1,3-4,7H2. The number of carbonyl (C=O) groups is 1. The zero-order valence-electron chi connectivity index (χ0n) is 11.7. The number of nitrogens with zero attached hydrogens (tertiary/aromatic N) is 3. The van der Waals surface area contributed by atoms with E-state index in [0.29, 0.717) is 0 Å². The Labute approximate surface area is 128 Å². The molecule has 0 unspecified atom stereocenters. The minimum Gasteiger partial charge on any atom is -0.463 e. The molecule has 0 saturated heterocycles. The van der Waals surface area contributed by atoms with Crippen molar-refractivity contribution >= 4 is 23.0 Å². The molecule has 0 bridgehead atoms. The molecule has 11 heteroatoms. The number of hydrogen-bond acceptors (Lipinski definition) is 8. The molecule has 0 aromatic heterocycles. The van der Waals surface area contributed by atoms with Crippen molar-refractivity contribution in [3.05, 3.63) is 60.7 Å². The summed E-state index contributed by atoms with van der Waals surface area (Å²) in [6, 6.07) is 1.93. The molecule has 0 aliphatic heterocycles. The van der Waals surface area contributed by atoms with Crippen molar-refractivity contribution in [2.24, 2.45) is 0 Å². The van der Waals surface area contributed by atoms with Crippen LogP contribution in [0.5, 0.6) is 0 Å². The van der Waals surface area contributed by atoms with E-state index in [4.69, 9.17) is 0 Å². The van der Waals surface area contributed by atoms with Crippen LogP contribution in [0.1, 0.15) is 12.0 Å². The maximum Gasteiger partial charge on any atom is 0.422 e. The molecule has 0 fully saturated rings. The number of nitro groups is 3. The molecule has 0 saturated carbocycles. The second kappa shape index (κ2) is 7.59. The van der Waals surface area contributed by atoms with Gasteiger partial charge in [-0.05, 0) is 18.9 Å². The molecule has 11 nitrogen and oxygen atoms in total. The molecule has 122 valence electrons. The van der Waals surface area contributed by atoms with Gasteiger partial charge in [-0.25, -0.2) is 4.79 Å². The molecule has 0 radical (unpaired) electrons. The zero-order chi connectivity index (χ0) is 17.6. The van der Waals surface area contributed by atoms with Crippen LogP contribution in [0.15, 0.2) is 24.8 Å². The van der Waals surface area contributed by atoms with Gasteiger partial charge in [-0.3, -0.25) is 30.3 Å². The third-order valence-corrected chi connectivity index (χ3v) is 2.78. The third kappa shape index (κ3) is 4.30. The second-order valence-corrected chi connectivity index (χ2v) is 4.19. The fourth-order valence-electron chi connectivity index (χ4n) is 1.84. The quantitative estimate of drug-likeness (QED) is 0.231. The number of ether oxygens (including phenoxy) is 1. The van der Waals surface area contributed by atoms with Gasteiger partial charge in [0.15, 0.2) is 0 Å². The van der Waals surface area contributed by atoms with Crippen LogP contribution in [-0.4, -0.2) is 27.3 Å². The summed E-state index contributed by atoms with van der Waals surface area (Å²) >= 11 is 0. The van der Waals surface area contributed by atoms with Crippen molar-refractivity contribution in [3.63, 3.8) is 0 Å². The first-order chi connectivity index (χ1) is 10.8. The highest BCUT2D eigenvalue weighted by Gasteiger charge is 2.38. The predicted molar refractivity (Wildman–Crippen MR) is 75.9 cm³/mol. The smallest absolute Gasteiger partial charge is 0.422 e. The van der Waals surface area contributed by atoms with Crippen molar-refractivity contribution in [2.45, 2.75) is 12.8 Å². The molecule has 0 amide bonds. The van der Waals surface area contributed by atoms with E-state index in [2.05, 4.69) is 11.3 Å². The third-order valence-electron chi connectivity index (χ3n) is 2.78. The summed E-state index contributed by atoms with van der Waals surface area (Å²) in [4.78, 5) is 40.5. The van der Waals surface area contributed by atoms with Gasteiger partial charge < -0.3 is 4.74 Å². The molecule has 1 aromatic carbocycles. The lowest BCUT2D eigenvalue weighted by atomic mass is 10.1. The molecular formula is C12H11N3O8. The van der Waals surface area contributed by atoms with Gasteiger partial charge in [-0.2, -0.15) is 0 Å². The Morgan fingerprint density at radius 3 is 2.17 bits per heavy atom. The number of hydrogen-bond donors (Lipinski definition) is 0. The number of esters is 1. The average molecular weight is 325 g/mol. The van der Waals surface area contributed by atoms with Crippen molar-refractivity contribution in [1.29, 1.82) is 0 Å². The Bertz CT molecular complexity index is 685. The average Bonchev–Trinajstić information content (AvgIpc) is 2.49. The largest absolute Gasteiger partial charge is 0.463 e. The molecule has 0 atom stereocenters. The molecule has 1 rings (SSSR count). The first-order valence-corrected chi connectivity index (χ1v) is 6.17. The topological polar surface area (TPSA) is 156 Å². The van der Waals surface area contributed by atoms with Crippen molar-refractivity contribution < 1.29 is 24.3 Å². The van der Waals surface area contributed by atoms with Gasteiger partial charge in [-0.15, -0.1) is 0 Å². The van der Waals surface area contributed by atoms with Gasteiger partial charge in [0.2, 0.25) is 0 Å². The summed E-state index contributed by atoms with van der Waals surface area (Å²) in [7, 11) is 0. The monoisotopic (exact) mass is 325 g/mol. The van der Waals surface area contributed by atoms with E-state index in [-0.39, 0.29) is 25.0 Å². The van der Waals surface area contributed by atoms with Crippen LogP contribution in [0, 0.1) is 30.3 Å². The summed E-state index contributed by atoms with van der Waals surface area (Å²) in [6.07, 6.45) is 1.06. The molecule has 23 heavy (non-hydrogen) atoms. The van der Waals surface area contributed by atoms with Crippen molar-refractivity contribution in [3.8, 4) is 0 Å². The first-order valence-electron chi connectivity index (χ1n) is 6.17. The SMILES string of the molecule is C=CC(=O)OCCCc1ccc([N+](=O)[O-])c([N+](=O)[O-])c1[N+](=O)[O-]. The van der Waals surface area contributed by atoms with E-state index in [9.17, 15) is 35.1 Å². The maximum absolute atomic E-state index is 11.1. The highest BCUT2D eigenvalue weighted by atomic mass is 16.6. The molecular weight excluding hydrogens is 314 g/mol. The van der Waals surface area contributed by atoms with Gasteiger partial charge in [0.25, 0.3) is 0 Å². The van der Waals surface area contributed by atoms with Crippen molar-refractivity contribution in [1.82, 2.24) is 0 Å². The summed E-state index contributed by atoms with van der Waals surface area (Å²) in [6.45, 7) is 3.11. The highest BCUT2D eigenvalue weighted by Crippen LogP contribution is 2.39. The summed E-state index contributed by atoms with van der Waals surface area (Å²) in [5.41, 5.74) is -3.11. The Morgan fingerprint density at radius 2 is 1.70 bits per heavy atom. The molecule has 0 N–H and O–H groups in total. The normalized spacial score (nSPS) is 9.91. The van der Waals surface area contributed by atoms with E-state index >= 15 is 0 Å². The van der Waals surface area contributed by atoms with Gasteiger partial charge in [-0.1, -0.05) is 6.58 Å². The number of aryl methyl sites for hydroxylation is 1. The highest BCUT2D eigenvalue weighted by molar-refractivity contribution is 5.81. The zero-order valence-corrected chi connectivity index (χ0v) is 11.7. The number of rotatable bonds is 8. The van der Waals surface area contributed by atoms with Crippen molar-refractivity contribution in [2.75, 3.05) is 6.61 Å². The van der Waals surface area contributed by atoms with E-state index in [1.165, 1.54) is 0 Å². The molecule has 0 aliphatic rings. The lowest BCUT2D eigenvalue weighted by Crippen LogP contribution is -2.07. The number of benzene rings is 1. The Balaban J connectivity index is 3.13. The van der Waals surface area contributed by atoms with Crippen LogP contribution in [0.25, 0.3) is 0 Å².